The lowest BCUT2D eigenvalue weighted by atomic mass is 9.80. The summed E-state index contributed by atoms with van der Waals surface area (Å²) in [5.74, 6) is 0.828. The van der Waals surface area contributed by atoms with E-state index in [2.05, 4.69) is 20.4 Å². The van der Waals surface area contributed by atoms with Gasteiger partial charge >= 0.3 is 0 Å². The molecule has 9 heteroatoms. The number of halogens is 1. The van der Waals surface area contributed by atoms with E-state index in [9.17, 15) is 14.0 Å². The molecule has 1 atom stereocenters. The highest BCUT2D eigenvalue weighted by Gasteiger charge is 2.39. The molecule has 1 aliphatic rings. The normalized spacial score (nSPS) is 18.8. The zero-order chi connectivity index (χ0) is 22.7. The number of piperidine rings is 1. The molecule has 0 spiro atoms. The van der Waals surface area contributed by atoms with Crippen LogP contribution in [0.4, 0.5) is 4.39 Å². The third-order valence-corrected chi connectivity index (χ3v) is 6.06. The molecular weight excluding hydrogens is 413 g/mol. The quantitative estimate of drug-likeness (QED) is 0.586. The van der Waals surface area contributed by atoms with E-state index < -0.39 is 5.41 Å². The van der Waals surface area contributed by atoms with E-state index in [1.165, 1.54) is 12.1 Å². The van der Waals surface area contributed by atoms with Gasteiger partial charge in [0.25, 0.3) is 0 Å². The monoisotopic (exact) mass is 441 g/mol. The number of benzene rings is 1. The molecule has 1 saturated heterocycles. The van der Waals surface area contributed by atoms with Crippen LogP contribution in [0.1, 0.15) is 50.4 Å². The molecule has 2 amide bonds. The number of H-pyrrole nitrogens is 1. The Morgan fingerprint density at radius 2 is 2.19 bits per heavy atom. The lowest BCUT2D eigenvalue weighted by Gasteiger charge is -2.39. The summed E-state index contributed by atoms with van der Waals surface area (Å²) in [7, 11) is 0. The highest BCUT2D eigenvalue weighted by molar-refractivity contribution is 5.84. The van der Waals surface area contributed by atoms with Crippen molar-refractivity contribution in [2.24, 2.45) is 5.41 Å². The Bertz CT molecular complexity index is 1120. The molecule has 1 aliphatic heterocycles. The van der Waals surface area contributed by atoms with E-state index in [4.69, 9.17) is 4.52 Å². The fraction of sp³-hybridized carbons (Fsp3) is 0.478. The van der Waals surface area contributed by atoms with Gasteiger partial charge in [0.1, 0.15) is 11.6 Å². The number of fused-ring (bicyclic) bond motifs is 1. The molecule has 0 saturated carbocycles. The highest BCUT2D eigenvalue weighted by atomic mass is 19.1. The van der Waals surface area contributed by atoms with E-state index >= 15 is 0 Å². The lowest BCUT2D eigenvalue weighted by Crippen LogP contribution is -2.51. The van der Waals surface area contributed by atoms with Crippen LogP contribution in [0.3, 0.4) is 0 Å². The van der Waals surface area contributed by atoms with Gasteiger partial charge in [-0.1, -0.05) is 12.1 Å². The molecule has 2 N–H and O–H groups in total. The smallest absolute Gasteiger partial charge is 0.228 e. The minimum absolute atomic E-state index is 0.0156. The molecule has 1 aromatic carbocycles. The third kappa shape index (κ3) is 4.81. The van der Waals surface area contributed by atoms with E-state index in [1.807, 2.05) is 19.9 Å². The molecule has 3 aromatic rings. The minimum Gasteiger partial charge on any atom is -0.359 e. The van der Waals surface area contributed by atoms with Gasteiger partial charge in [0.2, 0.25) is 11.8 Å². The summed E-state index contributed by atoms with van der Waals surface area (Å²) < 4.78 is 18.6. The van der Waals surface area contributed by atoms with Crippen LogP contribution in [0.25, 0.3) is 11.0 Å². The summed E-state index contributed by atoms with van der Waals surface area (Å²) in [4.78, 5) is 35.0. The number of aryl methyl sites for hydroxylation is 2. The van der Waals surface area contributed by atoms with Crippen LogP contribution >= 0.6 is 0 Å². The van der Waals surface area contributed by atoms with Gasteiger partial charge in [0.05, 0.1) is 28.7 Å². The van der Waals surface area contributed by atoms with Gasteiger partial charge in [-0.2, -0.15) is 0 Å². The lowest BCUT2D eigenvalue weighted by molar-refractivity contribution is -0.140. The van der Waals surface area contributed by atoms with Crippen molar-refractivity contribution in [1.29, 1.82) is 0 Å². The number of carbonyl (C=O) groups excluding carboxylic acids is 2. The third-order valence-electron chi connectivity index (χ3n) is 6.06. The number of imidazole rings is 1. The number of amides is 2. The fourth-order valence-electron chi connectivity index (χ4n) is 4.16. The Balaban J connectivity index is 1.32. The largest absolute Gasteiger partial charge is 0.359 e. The standard InChI is InChI=1S/C23H28FN5O3/c1-3-16-12-17(32-28-16)13-25-22(31)23(2)9-4-10-29(14-23)21(30)8-7-20-26-18-6-5-15(24)11-19(18)27-20/h5-6,11-12H,3-4,7-10,13-14H2,1-2H3,(H,25,31)(H,26,27)/t23-/m1/s1. The Morgan fingerprint density at radius 1 is 1.34 bits per heavy atom. The number of hydrogen-bond acceptors (Lipinski definition) is 5. The van der Waals surface area contributed by atoms with Crippen molar-refractivity contribution in [3.63, 3.8) is 0 Å². The number of aromatic nitrogens is 3. The van der Waals surface area contributed by atoms with Crippen LogP contribution in [0.5, 0.6) is 0 Å². The minimum atomic E-state index is -0.654. The molecule has 32 heavy (non-hydrogen) atoms. The second-order valence-electron chi connectivity index (χ2n) is 8.65. The van der Waals surface area contributed by atoms with Crippen molar-refractivity contribution in [1.82, 2.24) is 25.3 Å². The maximum Gasteiger partial charge on any atom is 0.228 e. The summed E-state index contributed by atoms with van der Waals surface area (Å²) in [5.41, 5.74) is 1.49. The van der Waals surface area contributed by atoms with Gasteiger partial charge in [0.15, 0.2) is 5.76 Å². The second kappa shape index (κ2) is 9.10. The van der Waals surface area contributed by atoms with Crippen LogP contribution in [-0.2, 0) is 29.0 Å². The summed E-state index contributed by atoms with van der Waals surface area (Å²) in [6.45, 7) is 5.17. The van der Waals surface area contributed by atoms with E-state index in [1.54, 1.807) is 11.0 Å². The van der Waals surface area contributed by atoms with Crippen molar-refractivity contribution < 1.29 is 18.5 Å². The second-order valence-corrected chi connectivity index (χ2v) is 8.65. The predicted molar refractivity (Wildman–Crippen MR) is 116 cm³/mol. The Morgan fingerprint density at radius 3 is 2.97 bits per heavy atom. The van der Waals surface area contributed by atoms with Crippen molar-refractivity contribution in [2.75, 3.05) is 13.1 Å². The van der Waals surface area contributed by atoms with E-state index in [0.717, 1.165) is 18.5 Å². The van der Waals surface area contributed by atoms with Gasteiger partial charge in [-0.05, 0) is 44.4 Å². The van der Waals surface area contributed by atoms with E-state index in [0.29, 0.717) is 48.5 Å². The molecule has 0 radical (unpaired) electrons. The molecule has 0 unspecified atom stereocenters. The zero-order valence-electron chi connectivity index (χ0n) is 18.4. The van der Waals surface area contributed by atoms with Crippen LogP contribution in [0.2, 0.25) is 0 Å². The fourth-order valence-corrected chi connectivity index (χ4v) is 4.16. The van der Waals surface area contributed by atoms with Crippen molar-refractivity contribution in [3.8, 4) is 0 Å². The number of hydrogen-bond donors (Lipinski definition) is 2. The molecule has 2 aromatic heterocycles. The number of aromatic amines is 1. The molecule has 170 valence electrons. The molecule has 3 heterocycles. The van der Waals surface area contributed by atoms with Crippen LogP contribution in [-0.4, -0.2) is 44.9 Å². The van der Waals surface area contributed by atoms with Gasteiger partial charge in [-0.25, -0.2) is 9.37 Å². The number of carbonyl (C=O) groups is 2. The first-order chi connectivity index (χ1) is 15.4. The summed E-state index contributed by atoms with van der Waals surface area (Å²) >= 11 is 0. The zero-order valence-corrected chi connectivity index (χ0v) is 18.4. The first-order valence-corrected chi connectivity index (χ1v) is 11.0. The Hall–Kier alpha value is -3.23. The first-order valence-electron chi connectivity index (χ1n) is 11.0. The highest BCUT2D eigenvalue weighted by Crippen LogP contribution is 2.30. The molecule has 0 bridgehead atoms. The maximum atomic E-state index is 13.4. The van der Waals surface area contributed by atoms with Crippen LogP contribution in [0.15, 0.2) is 28.8 Å². The summed E-state index contributed by atoms with van der Waals surface area (Å²) in [5, 5.41) is 6.86. The Labute approximate surface area is 185 Å². The molecule has 0 aliphatic carbocycles. The average molecular weight is 442 g/mol. The SMILES string of the molecule is CCc1cc(CNC(=O)[C@]2(C)CCCN(C(=O)CCc3nc4ccc(F)cc4[nH]3)C2)on1. The van der Waals surface area contributed by atoms with Gasteiger partial charge in [-0.15, -0.1) is 0 Å². The van der Waals surface area contributed by atoms with E-state index in [-0.39, 0.29) is 30.6 Å². The van der Waals surface area contributed by atoms with Crippen LogP contribution < -0.4 is 5.32 Å². The molecular formula is C23H28FN5O3. The number of nitrogens with zero attached hydrogens (tertiary/aromatic N) is 3. The number of nitrogens with one attached hydrogen (secondary N) is 2. The maximum absolute atomic E-state index is 13.4. The van der Waals surface area contributed by atoms with Crippen molar-refractivity contribution >= 4 is 22.8 Å². The van der Waals surface area contributed by atoms with Gasteiger partial charge in [-0.3, -0.25) is 9.59 Å². The van der Waals surface area contributed by atoms with Crippen LogP contribution in [0, 0.1) is 11.2 Å². The van der Waals surface area contributed by atoms with Crippen molar-refractivity contribution in [2.45, 2.75) is 52.5 Å². The molecule has 1 fully saturated rings. The summed E-state index contributed by atoms with van der Waals surface area (Å²) in [6, 6.07) is 6.21. The topological polar surface area (TPSA) is 104 Å². The molecule has 8 nitrogen and oxygen atoms in total. The summed E-state index contributed by atoms with van der Waals surface area (Å²) in [6.07, 6.45) is 2.96. The Kier molecular flexibility index (Phi) is 6.25. The van der Waals surface area contributed by atoms with Gasteiger partial charge < -0.3 is 19.7 Å². The average Bonchev–Trinajstić information content (AvgIpc) is 3.41. The first kappa shape index (κ1) is 22.0. The van der Waals surface area contributed by atoms with Crippen molar-refractivity contribution in [3.05, 3.63) is 47.4 Å². The predicted octanol–water partition coefficient (Wildman–Crippen LogP) is 3.13. The number of likely N-dealkylation sites (tertiary alicyclic amines) is 1. The number of rotatable bonds is 7. The molecule has 4 rings (SSSR count). The van der Waals surface area contributed by atoms with Gasteiger partial charge in [0, 0.05) is 32.0 Å².